The molecule has 0 bridgehead atoms. The molecule has 0 heterocycles. The Bertz CT molecular complexity index is 642. The maximum absolute atomic E-state index is 9.51. The van der Waals surface area contributed by atoms with Crippen molar-refractivity contribution in [2.45, 2.75) is 6.42 Å². The molecule has 3 heteroatoms. The van der Waals surface area contributed by atoms with Gasteiger partial charge in [0.15, 0.2) is 0 Å². The van der Waals surface area contributed by atoms with E-state index in [-0.39, 0.29) is 5.75 Å². The van der Waals surface area contributed by atoms with Crippen LogP contribution in [0.4, 0.5) is 0 Å². The summed E-state index contributed by atoms with van der Waals surface area (Å²) in [4.78, 5) is 0. The van der Waals surface area contributed by atoms with Crippen LogP contribution in [0.3, 0.4) is 0 Å². The van der Waals surface area contributed by atoms with Crippen molar-refractivity contribution in [1.82, 2.24) is 0 Å². The number of halogens is 1. The Morgan fingerprint density at radius 3 is 2.28 bits per heavy atom. The van der Waals surface area contributed by atoms with Crippen LogP contribution in [0.15, 0.2) is 42.5 Å². The minimum Gasteiger partial charge on any atom is -0.508 e. The van der Waals surface area contributed by atoms with E-state index in [0.717, 1.165) is 27.6 Å². The zero-order valence-corrected chi connectivity index (χ0v) is 11.1. The lowest BCUT2D eigenvalue weighted by molar-refractivity contribution is 0.474. The molecule has 0 saturated heterocycles. The Hall–Kier alpha value is -1.74. The van der Waals surface area contributed by atoms with Gasteiger partial charge in [0.1, 0.15) is 11.5 Å². The Morgan fingerprint density at radius 2 is 1.56 bits per heavy atom. The standard InChI is InChI=1S/C15H11BrO2/c16-15-13-6-5-12(18)7-10(13)8-14(15)9-1-3-11(17)4-2-9/h1-7,17-18H,8H2. The molecule has 0 unspecified atom stereocenters. The molecule has 2 N–H and O–H groups in total. The number of rotatable bonds is 1. The quantitative estimate of drug-likeness (QED) is 0.838. The van der Waals surface area contributed by atoms with Crippen LogP contribution in [-0.2, 0) is 6.42 Å². The first kappa shape index (κ1) is 11.4. The second-order valence-electron chi connectivity index (χ2n) is 4.36. The normalized spacial score (nSPS) is 13.8. The highest BCUT2D eigenvalue weighted by Crippen LogP contribution is 2.42. The third kappa shape index (κ3) is 1.81. The summed E-state index contributed by atoms with van der Waals surface area (Å²) in [5.41, 5.74) is 4.49. The molecule has 0 radical (unpaired) electrons. The van der Waals surface area contributed by atoms with Gasteiger partial charge in [-0.25, -0.2) is 0 Å². The van der Waals surface area contributed by atoms with Gasteiger partial charge >= 0.3 is 0 Å². The van der Waals surface area contributed by atoms with Crippen LogP contribution < -0.4 is 0 Å². The monoisotopic (exact) mass is 302 g/mol. The second-order valence-corrected chi connectivity index (χ2v) is 5.15. The third-order valence-corrected chi connectivity index (χ3v) is 4.08. The lowest BCUT2D eigenvalue weighted by atomic mass is 10.0. The molecular formula is C15H11BrO2. The van der Waals surface area contributed by atoms with Crippen molar-refractivity contribution in [3.05, 3.63) is 59.2 Å². The zero-order chi connectivity index (χ0) is 12.7. The molecule has 90 valence electrons. The van der Waals surface area contributed by atoms with Crippen molar-refractivity contribution in [2.75, 3.05) is 0 Å². The highest BCUT2D eigenvalue weighted by molar-refractivity contribution is 9.15. The van der Waals surface area contributed by atoms with E-state index < -0.39 is 0 Å². The number of allylic oxidation sites excluding steroid dienone is 1. The maximum atomic E-state index is 9.51. The van der Waals surface area contributed by atoms with Crippen molar-refractivity contribution >= 4 is 26.0 Å². The van der Waals surface area contributed by atoms with Gasteiger partial charge in [-0.3, -0.25) is 0 Å². The average Bonchev–Trinajstić information content (AvgIpc) is 2.67. The van der Waals surface area contributed by atoms with E-state index in [2.05, 4.69) is 15.9 Å². The van der Waals surface area contributed by atoms with Gasteiger partial charge in [0.05, 0.1) is 0 Å². The molecule has 0 amide bonds. The lowest BCUT2D eigenvalue weighted by Crippen LogP contribution is -1.85. The van der Waals surface area contributed by atoms with Gasteiger partial charge in [-0.1, -0.05) is 12.1 Å². The summed E-state index contributed by atoms with van der Waals surface area (Å²) < 4.78 is 1.06. The fourth-order valence-corrected chi connectivity index (χ4v) is 3.02. The first-order valence-corrected chi connectivity index (χ1v) is 6.45. The van der Waals surface area contributed by atoms with Crippen LogP contribution in [0.1, 0.15) is 16.7 Å². The summed E-state index contributed by atoms with van der Waals surface area (Å²) in [6.07, 6.45) is 0.787. The average molecular weight is 303 g/mol. The molecule has 2 aromatic carbocycles. The maximum Gasteiger partial charge on any atom is 0.115 e. The Kier molecular flexibility index (Phi) is 2.63. The highest BCUT2D eigenvalue weighted by atomic mass is 79.9. The van der Waals surface area contributed by atoms with E-state index in [1.807, 2.05) is 18.2 Å². The molecule has 2 aromatic rings. The molecule has 2 nitrogen and oxygen atoms in total. The predicted octanol–water partition coefficient (Wildman–Crippen LogP) is 3.92. The van der Waals surface area contributed by atoms with Crippen LogP contribution in [-0.4, -0.2) is 10.2 Å². The van der Waals surface area contributed by atoms with E-state index in [1.165, 1.54) is 5.57 Å². The van der Waals surface area contributed by atoms with E-state index in [0.29, 0.717) is 5.75 Å². The van der Waals surface area contributed by atoms with E-state index >= 15 is 0 Å². The number of phenols is 2. The third-order valence-electron chi connectivity index (χ3n) is 3.17. The minimum absolute atomic E-state index is 0.267. The topological polar surface area (TPSA) is 40.5 Å². The second kappa shape index (κ2) is 4.18. The molecular weight excluding hydrogens is 292 g/mol. The molecule has 18 heavy (non-hydrogen) atoms. The van der Waals surface area contributed by atoms with Gasteiger partial charge < -0.3 is 10.2 Å². The molecule has 0 aliphatic heterocycles. The number of hydrogen-bond acceptors (Lipinski definition) is 2. The predicted molar refractivity (Wildman–Crippen MR) is 75.7 cm³/mol. The van der Waals surface area contributed by atoms with Crippen LogP contribution >= 0.6 is 15.9 Å². The van der Waals surface area contributed by atoms with Crippen molar-refractivity contribution < 1.29 is 10.2 Å². The van der Waals surface area contributed by atoms with Crippen molar-refractivity contribution in [3.63, 3.8) is 0 Å². The van der Waals surface area contributed by atoms with Crippen molar-refractivity contribution in [2.24, 2.45) is 0 Å². The summed E-state index contributed by atoms with van der Waals surface area (Å²) in [5, 5.41) is 18.8. The van der Waals surface area contributed by atoms with Crippen LogP contribution in [0.2, 0.25) is 0 Å². The van der Waals surface area contributed by atoms with Crippen molar-refractivity contribution in [1.29, 1.82) is 0 Å². The smallest absolute Gasteiger partial charge is 0.115 e. The van der Waals surface area contributed by atoms with Crippen LogP contribution in [0, 0.1) is 0 Å². The van der Waals surface area contributed by atoms with Crippen LogP contribution in [0.5, 0.6) is 11.5 Å². The SMILES string of the molecule is Oc1ccc(C2=C(Br)c3ccc(O)cc3C2)cc1. The molecule has 3 rings (SSSR count). The minimum atomic E-state index is 0.267. The number of phenolic OH excluding ortho intramolecular Hbond substituents is 2. The first-order chi connectivity index (χ1) is 8.65. The Labute approximate surface area is 113 Å². The van der Waals surface area contributed by atoms with Gasteiger partial charge in [-0.2, -0.15) is 0 Å². The van der Waals surface area contributed by atoms with Crippen LogP contribution in [0.25, 0.3) is 10.1 Å². The summed E-state index contributed by atoms with van der Waals surface area (Å²) in [7, 11) is 0. The molecule has 0 aromatic heterocycles. The molecule has 0 fully saturated rings. The lowest BCUT2D eigenvalue weighted by Gasteiger charge is -2.03. The van der Waals surface area contributed by atoms with E-state index in [1.54, 1.807) is 24.3 Å². The molecule has 1 aliphatic carbocycles. The molecule has 0 saturated carbocycles. The highest BCUT2D eigenvalue weighted by Gasteiger charge is 2.21. The first-order valence-electron chi connectivity index (χ1n) is 5.65. The molecule has 0 atom stereocenters. The zero-order valence-electron chi connectivity index (χ0n) is 9.52. The fourth-order valence-electron chi connectivity index (χ4n) is 2.26. The number of aromatic hydroxyl groups is 2. The molecule has 0 spiro atoms. The Morgan fingerprint density at radius 1 is 0.889 bits per heavy atom. The van der Waals surface area contributed by atoms with Gasteiger partial charge in [-0.05, 0) is 74.9 Å². The number of hydrogen-bond donors (Lipinski definition) is 2. The van der Waals surface area contributed by atoms with E-state index in [4.69, 9.17) is 0 Å². The molecule has 1 aliphatic rings. The van der Waals surface area contributed by atoms with Gasteiger partial charge in [0.2, 0.25) is 0 Å². The summed E-state index contributed by atoms with van der Waals surface area (Å²) in [6, 6.07) is 12.6. The van der Waals surface area contributed by atoms with Gasteiger partial charge in [0.25, 0.3) is 0 Å². The number of fused-ring (bicyclic) bond motifs is 1. The van der Waals surface area contributed by atoms with Gasteiger partial charge in [-0.15, -0.1) is 0 Å². The fraction of sp³-hybridized carbons (Fsp3) is 0.0667. The van der Waals surface area contributed by atoms with Gasteiger partial charge in [0, 0.05) is 4.48 Å². The number of benzene rings is 2. The Balaban J connectivity index is 2.06. The largest absolute Gasteiger partial charge is 0.508 e. The summed E-state index contributed by atoms with van der Waals surface area (Å²) >= 11 is 3.62. The van der Waals surface area contributed by atoms with E-state index in [9.17, 15) is 10.2 Å². The van der Waals surface area contributed by atoms with Crippen molar-refractivity contribution in [3.8, 4) is 11.5 Å². The summed E-state index contributed by atoms with van der Waals surface area (Å²) in [6.45, 7) is 0. The summed E-state index contributed by atoms with van der Waals surface area (Å²) in [5.74, 6) is 0.560.